The van der Waals surface area contributed by atoms with Crippen LogP contribution in [-0.4, -0.2) is 25.8 Å². The van der Waals surface area contributed by atoms with Crippen molar-refractivity contribution in [1.82, 2.24) is 4.90 Å². The summed E-state index contributed by atoms with van der Waals surface area (Å²) in [6, 6.07) is 8.23. The molecule has 0 saturated carbocycles. The summed E-state index contributed by atoms with van der Waals surface area (Å²) >= 11 is 0. The van der Waals surface area contributed by atoms with Gasteiger partial charge < -0.3 is 0 Å². The number of nitrogens with zero attached hydrogens (tertiary/aromatic N) is 1. The summed E-state index contributed by atoms with van der Waals surface area (Å²) in [5.74, 6) is 0.847. The molecule has 1 aliphatic heterocycles. The first-order valence-corrected chi connectivity index (χ1v) is 5.81. The second-order valence-electron chi connectivity index (χ2n) is 4.73. The molecular formula is C13H18BN. The molecule has 2 rings (SSSR count). The standard InChI is InChI=1S/C13H18BN/c1-11-4-3-7-15(9-11)10-12-5-2-6-13(14)8-12/h2,5-6,8,11H,3-4,7,9-10H2,1H3. The van der Waals surface area contributed by atoms with Crippen molar-refractivity contribution >= 4 is 13.3 Å². The van der Waals surface area contributed by atoms with E-state index in [2.05, 4.69) is 24.0 Å². The Balaban J connectivity index is 1.96. The van der Waals surface area contributed by atoms with E-state index in [1.165, 1.54) is 31.5 Å². The molecule has 0 aliphatic carbocycles. The van der Waals surface area contributed by atoms with Crippen molar-refractivity contribution < 1.29 is 0 Å². The van der Waals surface area contributed by atoms with E-state index in [1.54, 1.807) is 0 Å². The second kappa shape index (κ2) is 4.85. The predicted molar refractivity (Wildman–Crippen MR) is 65.5 cm³/mol. The Kier molecular flexibility index (Phi) is 3.47. The van der Waals surface area contributed by atoms with Crippen LogP contribution in [0.5, 0.6) is 0 Å². The number of piperidine rings is 1. The van der Waals surface area contributed by atoms with E-state index in [0.717, 1.165) is 17.9 Å². The van der Waals surface area contributed by atoms with Crippen molar-refractivity contribution in [3.63, 3.8) is 0 Å². The quantitative estimate of drug-likeness (QED) is 0.655. The largest absolute Gasteiger partial charge is 0.299 e. The molecule has 1 fully saturated rings. The molecule has 1 nitrogen and oxygen atoms in total. The van der Waals surface area contributed by atoms with Gasteiger partial charge in [-0.1, -0.05) is 36.7 Å². The Morgan fingerprint density at radius 2 is 2.33 bits per heavy atom. The molecule has 1 saturated heterocycles. The number of rotatable bonds is 2. The Hall–Kier alpha value is -0.755. The van der Waals surface area contributed by atoms with Crippen LogP contribution in [0.25, 0.3) is 0 Å². The fourth-order valence-electron chi connectivity index (χ4n) is 2.38. The smallest absolute Gasteiger partial charge is 0.113 e. The minimum atomic E-state index is 0.847. The average Bonchev–Trinajstić information content (AvgIpc) is 2.17. The van der Waals surface area contributed by atoms with Crippen LogP contribution >= 0.6 is 0 Å². The molecule has 0 spiro atoms. The summed E-state index contributed by atoms with van der Waals surface area (Å²) in [7, 11) is 5.77. The van der Waals surface area contributed by atoms with Gasteiger partial charge in [0.2, 0.25) is 0 Å². The van der Waals surface area contributed by atoms with E-state index >= 15 is 0 Å². The Morgan fingerprint density at radius 3 is 3.07 bits per heavy atom. The zero-order valence-electron chi connectivity index (χ0n) is 9.45. The molecule has 1 aliphatic rings. The van der Waals surface area contributed by atoms with Crippen LogP contribution in [0.3, 0.4) is 0 Å². The summed E-state index contributed by atoms with van der Waals surface area (Å²) in [4.78, 5) is 2.53. The minimum Gasteiger partial charge on any atom is -0.299 e. The molecule has 1 heterocycles. The van der Waals surface area contributed by atoms with Crippen molar-refractivity contribution in [2.75, 3.05) is 13.1 Å². The lowest BCUT2D eigenvalue weighted by atomic mass is 9.94. The number of likely N-dealkylation sites (tertiary alicyclic amines) is 1. The zero-order chi connectivity index (χ0) is 10.7. The lowest BCUT2D eigenvalue weighted by Crippen LogP contribution is -2.33. The van der Waals surface area contributed by atoms with Gasteiger partial charge in [-0.3, -0.25) is 4.90 Å². The van der Waals surface area contributed by atoms with E-state index in [-0.39, 0.29) is 0 Å². The summed E-state index contributed by atoms with van der Waals surface area (Å²) in [5, 5.41) is 0. The molecular weight excluding hydrogens is 181 g/mol. The van der Waals surface area contributed by atoms with E-state index in [4.69, 9.17) is 7.85 Å². The third-order valence-corrected chi connectivity index (χ3v) is 3.10. The highest BCUT2D eigenvalue weighted by molar-refractivity contribution is 6.32. The van der Waals surface area contributed by atoms with Gasteiger partial charge in [0, 0.05) is 13.1 Å². The van der Waals surface area contributed by atoms with Gasteiger partial charge in [-0.25, -0.2) is 0 Å². The third kappa shape index (κ3) is 3.10. The Bertz CT molecular complexity index is 324. The molecule has 1 unspecified atom stereocenters. The van der Waals surface area contributed by atoms with Gasteiger partial charge in [-0.15, -0.1) is 0 Å². The van der Waals surface area contributed by atoms with Crippen LogP contribution in [0, 0.1) is 5.92 Å². The van der Waals surface area contributed by atoms with Crippen LogP contribution in [0.2, 0.25) is 0 Å². The molecule has 0 N–H and O–H groups in total. The molecule has 78 valence electrons. The van der Waals surface area contributed by atoms with Gasteiger partial charge in [-0.05, 0) is 30.9 Å². The first-order chi connectivity index (χ1) is 7.24. The van der Waals surface area contributed by atoms with Crippen molar-refractivity contribution in [3.05, 3.63) is 29.8 Å². The highest BCUT2D eigenvalue weighted by Gasteiger charge is 2.15. The summed E-state index contributed by atoms with van der Waals surface area (Å²) < 4.78 is 0. The Morgan fingerprint density at radius 1 is 1.47 bits per heavy atom. The first-order valence-electron chi connectivity index (χ1n) is 5.81. The summed E-state index contributed by atoms with van der Waals surface area (Å²) in [5.41, 5.74) is 2.21. The van der Waals surface area contributed by atoms with Gasteiger partial charge in [0.1, 0.15) is 7.85 Å². The van der Waals surface area contributed by atoms with Gasteiger partial charge in [-0.2, -0.15) is 0 Å². The van der Waals surface area contributed by atoms with E-state index in [1.807, 2.05) is 12.1 Å². The molecule has 0 amide bonds. The normalized spacial score (nSPS) is 22.9. The van der Waals surface area contributed by atoms with Crippen molar-refractivity contribution in [3.8, 4) is 0 Å². The van der Waals surface area contributed by atoms with Crippen LogP contribution in [0.4, 0.5) is 0 Å². The average molecular weight is 199 g/mol. The van der Waals surface area contributed by atoms with Gasteiger partial charge in [0.25, 0.3) is 0 Å². The topological polar surface area (TPSA) is 3.24 Å². The highest BCUT2D eigenvalue weighted by atomic mass is 15.1. The fourth-order valence-corrected chi connectivity index (χ4v) is 2.38. The maximum Gasteiger partial charge on any atom is 0.113 e. The predicted octanol–water partition coefficient (Wildman–Crippen LogP) is 1.71. The van der Waals surface area contributed by atoms with Crippen LogP contribution in [0.15, 0.2) is 24.3 Å². The lowest BCUT2D eigenvalue weighted by Gasteiger charge is -2.30. The number of benzene rings is 1. The SMILES string of the molecule is [B]c1cccc(CN2CCCC(C)C2)c1. The van der Waals surface area contributed by atoms with Gasteiger partial charge in [0.05, 0.1) is 0 Å². The molecule has 1 atom stereocenters. The molecule has 0 aromatic heterocycles. The van der Waals surface area contributed by atoms with Crippen molar-refractivity contribution in [2.45, 2.75) is 26.3 Å². The maximum absolute atomic E-state index is 5.77. The summed E-state index contributed by atoms with van der Waals surface area (Å²) in [6.45, 7) is 5.86. The van der Waals surface area contributed by atoms with Gasteiger partial charge in [0.15, 0.2) is 0 Å². The van der Waals surface area contributed by atoms with E-state index in [0.29, 0.717) is 0 Å². The molecule has 2 radical (unpaired) electrons. The second-order valence-corrected chi connectivity index (χ2v) is 4.73. The van der Waals surface area contributed by atoms with Crippen molar-refractivity contribution in [2.24, 2.45) is 5.92 Å². The van der Waals surface area contributed by atoms with E-state index in [9.17, 15) is 0 Å². The third-order valence-electron chi connectivity index (χ3n) is 3.10. The molecule has 1 aromatic rings. The van der Waals surface area contributed by atoms with Crippen LogP contribution in [0.1, 0.15) is 25.3 Å². The van der Waals surface area contributed by atoms with Gasteiger partial charge >= 0.3 is 0 Å². The Labute approximate surface area is 93.9 Å². The molecule has 2 heteroatoms. The fraction of sp³-hybridized carbons (Fsp3) is 0.538. The maximum atomic E-state index is 5.77. The zero-order valence-corrected chi connectivity index (χ0v) is 9.45. The van der Waals surface area contributed by atoms with Crippen molar-refractivity contribution in [1.29, 1.82) is 0 Å². The van der Waals surface area contributed by atoms with Crippen LogP contribution < -0.4 is 5.46 Å². The molecule has 1 aromatic carbocycles. The summed E-state index contributed by atoms with van der Waals surface area (Å²) in [6.07, 6.45) is 2.72. The highest BCUT2D eigenvalue weighted by Crippen LogP contribution is 2.17. The number of hydrogen-bond acceptors (Lipinski definition) is 1. The molecule has 15 heavy (non-hydrogen) atoms. The number of hydrogen-bond donors (Lipinski definition) is 0. The lowest BCUT2D eigenvalue weighted by molar-refractivity contribution is 0.176. The monoisotopic (exact) mass is 199 g/mol. The molecule has 0 bridgehead atoms. The first kappa shape index (κ1) is 10.8. The van der Waals surface area contributed by atoms with E-state index < -0.39 is 0 Å². The minimum absolute atomic E-state index is 0.847. The van der Waals surface area contributed by atoms with Crippen LogP contribution in [-0.2, 0) is 6.54 Å².